The molecule has 26 heavy (non-hydrogen) atoms. The zero-order valence-electron chi connectivity index (χ0n) is 13.9. The number of carbonyl (C=O) groups excluding carboxylic acids is 1. The fraction of sp³-hybridized carbons (Fsp3) is 0.222. The summed E-state index contributed by atoms with van der Waals surface area (Å²) in [6.07, 6.45) is 1.69. The molecule has 0 fully saturated rings. The molecule has 2 aromatic carbocycles. The molecular weight excluding hydrogens is 418 g/mol. The Bertz CT molecular complexity index is 940. The summed E-state index contributed by atoms with van der Waals surface area (Å²) in [7, 11) is -3.70. The molecule has 0 aliphatic carbocycles. The Hall–Kier alpha value is -2.19. The number of sulfonamides is 1. The molecule has 0 radical (unpaired) electrons. The maximum atomic E-state index is 12.4. The maximum absolute atomic E-state index is 12.4. The third kappa shape index (κ3) is 4.92. The van der Waals surface area contributed by atoms with E-state index in [0.717, 1.165) is 16.5 Å². The number of carbonyl (C=O) groups is 1. The Morgan fingerprint density at radius 1 is 1.15 bits per heavy atom. The number of hydrogen-bond donors (Lipinski definition) is 2. The number of benzene rings is 2. The van der Waals surface area contributed by atoms with Gasteiger partial charge in [-0.15, -0.1) is 0 Å². The second-order valence-electron chi connectivity index (χ2n) is 5.92. The van der Waals surface area contributed by atoms with Crippen molar-refractivity contribution in [1.82, 2.24) is 4.72 Å². The predicted molar refractivity (Wildman–Crippen MR) is 105 cm³/mol. The van der Waals surface area contributed by atoms with Gasteiger partial charge in [0.1, 0.15) is 5.84 Å². The van der Waals surface area contributed by atoms with E-state index in [9.17, 15) is 13.2 Å². The first-order chi connectivity index (χ1) is 12.4. The summed E-state index contributed by atoms with van der Waals surface area (Å²) in [4.78, 5) is 16.4. The molecule has 1 amide bonds. The van der Waals surface area contributed by atoms with Crippen LogP contribution in [0.4, 0.5) is 5.69 Å². The standard InChI is InChI=1S/C18H18BrN3O3S/c19-14-8-6-13(7-9-14)11-18(23)21-15-3-1-4-16(12-15)26(24,25)22-17-5-2-10-20-17/h1,3-4,6-9,12H,2,5,10-11H2,(H,20,22)(H,21,23). The summed E-state index contributed by atoms with van der Waals surface area (Å²) in [5, 5.41) is 2.74. The second-order valence-corrected chi connectivity index (χ2v) is 8.51. The molecule has 0 aromatic heterocycles. The van der Waals surface area contributed by atoms with Crippen molar-refractivity contribution in [3.05, 3.63) is 58.6 Å². The van der Waals surface area contributed by atoms with Crippen LogP contribution in [0.2, 0.25) is 0 Å². The van der Waals surface area contributed by atoms with E-state index in [1.807, 2.05) is 24.3 Å². The first kappa shape index (κ1) is 18.6. The lowest BCUT2D eigenvalue weighted by Gasteiger charge is -2.10. The SMILES string of the molecule is O=C(Cc1ccc(Br)cc1)Nc1cccc(S(=O)(=O)NC2=NCCC2)c1. The van der Waals surface area contributed by atoms with Gasteiger partial charge in [-0.3, -0.25) is 14.5 Å². The van der Waals surface area contributed by atoms with Crippen LogP contribution in [0.5, 0.6) is 0 Å². The van der Waals surface area contributed by atoms with Crippen molar-refractivity contribution in [2.75, 3.05) is 11.9 Å². The van der Waals surface area contributed by atoms with E-state index in [1.165, 1.54) is 12.1 Å². The van der Waals surface area contributed by atoms with Crippen LogP contribution in [0.25, 0.3) is 0 Å². The van der Waals surface area contributed by atoms with E-state index in [2.05, 4.69) is 31.0 Å². The second kappa shape index (κ2) is 8.01. The van der Waals surface area contributed by atoms with Gasteiger partial charge in [-0.2, -0.15) is 0 Å². The highest BCUT2D eigenvalue weighted by atomic mass is 79.9. The molecule has 136 valence electrons. The van der Waals surface area contributed by atoms with Gasteiger partial charge in [0.05, 0.1) is 11.3 Å². The van der Waals surface area contributed by atoms with Crippen molar-refractivity contribution in [2.24, 2.45) is 4.99 Å². The van der Waals surface area contributed by atoms with E-state index < -0.39 is 10.0 Å². The normalized spacial score (nSPS) is 14.0. The monoisotopic (exact) mass is 435 g/mol. The predicted octanol–water partition coefficient (Wildman–Crippen LogP) is 3.10. The van der Waals surface area contributed by atoms with Crippen LogP contribution in [0.3, 0.4) is 0 Å². The Balaban J connectivity index is 1.68. The van der Waals surface area contributed by atoms with Gasteiger partial charge in [-0.1, -0.05) is 34.1 Å². The Morgan fingerprint density at radius 2 is 1.92 bits per heavy atom. The summed E-state index contributed by atoms with van der Waals surface area (Å²) < 4.78 is 28.3. The van der Waals surface area contributed by atoms with Crippen LogP contribution in [-0.4, -0.2) is 26.7 Å². The van der Waals surface area contributed by atoms with Crippen LogP contribution < -0.4 is 10.0 Å². The molecule has 0 saturated carbocycles. The fourth-order valence-electron chi connectivity index (χ4n) is 2.57. The molecule has 3 rings (SSSR count). The topological polar surface area (TPSA) is 87.6 Å². The van der Waals surface area contributed by atoms with Gasteiger partial charge in [0, 0.05) is 23.1 Å². The fourth-order valence-corrected chi connectivity index (χ4v) is 3.97. The lowest BCUT2D eigenvalue weighted by molar-refractivity contribution is -0.115. The quantitative estimate of drug-likeness (QED) is 0.755. The number of anilines is 1. The van der Waals surface area contributed by atoms with Crippen molar-refractivity contribution >= 4 is 43.4 Å². The minimum atomic E-state index is -3.70. The number of aliphatic imine (C=N–C) groups is 1. The van der Waals surface area contributed by atoms with Gasteiger partial charge < -0.3 is 5.32 Å². The number of halogens is 1. The zero-order valence-corrected chi connectivity index (χ0v) is 16.3. The van der Waals surface area contributed by atoms with Crippen LogP contribution in [0.1, 0.15) is 18.4 Å². The summed E-state index contributed by atoms with van der Waals surface area (Å²) in [5.74, 6) is 0.268. The van der Waals surface area contributed by atoms with Crippen molar-refractivity contribution in [3.8, 4) is 0 Å². The van der Waals surface area contributed by atoms with Gasteiger partial charge in [0.2, 0.25) is 5.91 Å². The first-order valence-electron chi connectivity index (χ1n) is 8.13. The van der Waals surface area contributed by atoms with E-state index in [4.69, 9.17) is 0 Å². The summed E-state index contributed by atoms with van der Waals surface area (Å²) in [5.41, 5.74) is 1.30. The Labute approximate surface area is 160 Å². The zero-order chi connectivity index (χ0) is 18.6. The van der Waals surface area contributed by atoms with Crippen LogP contribution >= 0.6 is 15.9 Å². The van der Waals surface area contributed by atoms with Crippen LogP contribution in [0.15, 0.2) is 62.9 Å². The highest BCUT2D eigenvalue weighted by molar-refractivity contribution is 9.10. The molecule has 2 aromatic rings. The molecule has 0 bridgehead atoms. The summed E-state index contributed by atoms with van der Waals surface area (Å²) in [6.45, 7) is 0.643. The van der Waals surface area contributed by atoms with Gasteiger partial charge in [0.25, 0.3) is 10.0 Å². The molecule has 1 heterocycles. The number of nitrogens with zero attached hydrogens (tertiary/aromatic N) is 1. The number of amides is 1. The third-order valence-electron chi connectivity index (χ3n) is 3.83. The van der Waals surface area contributed by atoms with Crippen LogP contribution in [-0.2, 0) is 21.2 Å². The molecule has 8 heteroatoms. The van der Waals surface area contributed by atoms with E-state index in [1.54, 1.807) is 12.1 Å². The molecule has 2 N–H and O–H groups in total. The summed E-state index contributed by atoms with van der Waals surface area (Å²) >= 11 is 3.35. The minimum absolute atomic E-state index is 0.0912. The Morgan fingerprint density at radius 3 is 2.62 bits per heavy atom. The number of nitrogens with one attached hydrogen (secondary N) is 2. The highest BCUT2D eigenvalue weighted by Crippen LogP contribution is 2.17. The van der Waals surface area contributed by atoms with Gasteiger partial charge in [-0.05, 0) is 42.3 Å². The van der Waals surface area contributed by atoms with Gasteiger partial charge >= 0.3 is 0 Å². The average molecular weight is 436 g/mol. The summed E-state index contributed by atoms with van der Waals surface area (Å²) in [6, 6.07) is 13.6. The van der Waals surface area contributed by atoms with E-state index >= 15 is 0 Å². The van der Waals surface area contributed by atoms with Crippen molar-refractivity contribution < 1.29 is 13.2 Å². The largest absolute Gasteiger partial charge is 0.326 e. The smallest absolute Gasteiger partial charge is 0.262 e. The van der Waals surface area contributed by atoms with E-state index in [-0.39, 0.29) is 17.2 Å². The molecule has 6 nitrogen and oxygen atoms in total. The van der Waals surface area contributed by atoms with Crippen molar-refractivity contribution in [2.45, 2.75) is 24.2 Å². The van der Waals surface area contributed by atoms with Crippen molar-refractivity contribution in [1.29, 1.82) is 0 Å². The first-order valence-corrected chi connectivity index (χ1v) is 10.4. The molecule has 1 aliphatic heterocycles. The third-order valence-corrected chi connectivity index (χ3v) is 5.74. The molecule has 0 unspecified atom stereocenters. The van der Waals surface area contributed by atoms with Gasteiger partial charge in [-0.25, -0.2) is 8.42 Å². The number of amidine groups is 1. The molecule has 0 spiro atoms. The lowest BCUT2D eigenvalue weighted by Crippen LogP contribution is -2.29. The van der Waals surface area contributed by atoms with Crippen LogP contribution in [0, 0.1) is 0 Å². The molecule has 0 saturated heterocycles. The average Bonchev–Trinajstić information content (AvgIpc) is 3.09. The van der Waals surface area contributed by atoms with Gasteiger partial charge in [0.15, 0.2) is 0 Å². The Kier molecular flexibility index (Phi) is 5.73. The molecular formula is C18H18BrN3O3S. The van der Waals surface area contributed by atoms with E-state index in [0.29, 0.717) is 24.5 Å². The molecule has 0 atom stereocenters. The molecule has 1 aliphatic rings. The highest BCUT2D eigenvalue weighted by Gasteiger charge is 2.18. The number of rotatable bonds is 5. The lowest BCUT2D eigenvalue weighted by atomic mass is 10.1. The number of hydrogen-bond acceptors (Lipinski definition) is 4. The van der Waals surface area contributed by atoms with Crippen molar-refractivity contribution in [3.63, 3.8) is 0 Å². The maximum Gasteiger partial charge on any atom is 0.262 e. The minimum Gasteiger partial charge on any atom is -0.326 e.